The fourth-order valence-corrected chi connectivity index (χ4v) is 4.88. The second-order valence-electron chi connectivity index (χ2n) is 9.10. The van der Waals surface area contributed by atoms with Crippen molar-refractivity contribution in [1.82, 2.24) is 9.47 Å². The van der Waals surface area contributed by atoms with E-state index in [-0.39, 0.29) is 17.4 Å². The van der Waals surface area contributed by atoms with E-state index in [1.165, 1.54) is 18.2 Å². The molecule has 9 heteroatoms. The predicted molar refractivity (Wildman–Crippen MR) is 144 cm³/mol. The lowest BCUT2D eigenvalue weighted by Crippen LogP contribution is -2.48. The van der Waals surface area contributed by atoms with Gasteiger partial charge in [0.1, 0.15) is 11.6 Å². The van der Waals surface area contributed by atoms with Gasteiger partial charge in [-0.3, -0.25) is 14.9 Å². The first-order valence-corrected chi connectivity index (χ1v) is 12.3. The highest BCUT2D eigenvalue weighted by atomic mass is 19.1. The molecule has 194 valence electrons. The summed E-state index contributed by atoms with van der Waals surface area (Å²) in [6.07, 6.45) is 0. The molecular formula is C29H27FN4O4. The molecule has 4 aromatic rings. The Hall–Kier alpha value is -4.66. The van der Waals surface area contributed by atoms with Gasteiger partial charge in [-0.1, -0.05) is 24.3 Å². The fraction of sp³-hybridized carbons (Fsp3) is 0.207. The number of aromatic nitrogens is 1. The van der Waals surface area contributed by atoms with Crippen LogP contribution in [-0.2, 0) is 0 Å². The molecule has 0 spiro atoms. The minimum absolute atomic E-state index is 0.0456. The van der Waals surface area contributed by atoms with Crippen molar-refractivity contribution in [2.24, 2.45) is 0 Å². The number of carbonyl (C=O) groups excluding carboxylic acids is 1. The van der Waals surface area contributed by atoms with Crippen LogP contribution in [0.4, 0.5) is 15.8 Å². The van der Waals surface area contributed by atoms with Crippen LogP contribution < -0.4 is 9.64 Å². The van der Waals surface area contributed by atoms with Gasteiger partial charge in [0.05, 0.1) is 29.0 Å². The van der Waals surface area contributed by atoms with E-state index in [2.05, 4.69) is 4.90 Å². The second kappa shape index (κ2) is 10.4. The van der Waals surface area contributed by atoms with Crippen LogP contribution in [0.25, 0.3) is 16.9 Å². The van der Waals surface area contributed by atoms with Gasteiger partial charge in [-0.2, -0.15) is 0 Å². The highest BCUT2D eigenvalue weighted by Crippen LogP contribution is 2.33. The number of benzene rings is 3. The van der Waals surface area contributed by atoms with Crippen LogP contribution in [0.5, 0.6) is 5.75 Å². The Kier molecular flexibility index (Phi) is 6.83. The van der Waals surface area contributed by atoms with E-state index in [0.29, 0.717) is 54.6 Å². The van der Waals surface area contributed by atoms with E-state index in [4.69, 9.17) is 4.74 Å². The number of hydrogen-bond acceptors (Lipinski definition) is 5. The summed E-state index contributed by atoms with van der Waals surface area (Å²) in [5, 5.41) is 10.9. The molecule has 0 radical (unpaired) electrons. The number of halogens is 1. The number of methoxy groups -OCH3 is 1. The van der Waals surface area contributed by atoms with E-state index >= 15 is 0 Å². The Morgan fingerprint density at radius 3 is 2.32 bits per heavy atom. The largest absolute Gasteiger partial charge is 0.497 e. The topological polar surface area (TPSA) is 80.8 Å². The molecule has 0 saturated carbocycles. The normalized spacial score (nSPS) is 13.4. The molecule has 2 heterocycles. The number of carbonyl (C=O) groups is 1. The van der Waals surface area contributed by atoms with Gasteiger partial charge in [-0.25, -0.2) is 4.39 Å². The van der Waals surface area contributed by atoms with Crippen LogP contribution in [0.2, 0.25) is 0 Å². The maximum absolute atomic E-state index is 15.0. The van der Waals surface area contributed by atoms with E-state index in [1.54, 1.807) is 46.9 Å². The Morgan fingerprint density at radius 1 is 0.947 bits per heavy atom. The van der Waals surface area contributed by atoms with Gasteiger partial charge in [0.25, 0.3) is 11.6 Å². The summed E-state index contributed by atoms with van der Waals surface area (Å²) >= 11 is 0. The summed E-state index contributed by atoms with van der Waals surface area (Å²) < 4.78 is 22.1. The van der Waals surface area contributed by atoms with Crippen LogP contribution in [-0.4, -0.2) is 53.6 Å². The van der Waals surface area contributed by atoms with Gasteiger partial charge in [-0.05, 0) is 49.4 Å². The van der Waals surface area contributed by atoms with Crippen molar-refractivity contribution >= 4 is 17.3 Å². The van der Waals surface area contributed by atoms with Gasteiger partial charge in [0.15, 0.2) is 0 Å². The van der Waals surface area contributed by atoms with Crippen LogP contribution in [0.3, 0.4) is 0 Å². The number of rotatable bonds is 6. The molecule has 1 aliphatic rings. The number of nitro benzene ring substituents is 1. The molecule has 1 aromatic heterocycles. The average Bonchev–Trinajstić information content (AvgIpc) is 3.29. The molecule has 0 aliphatic carbocycles. The van der Waals surface area contributed by atoms with Crippen molar-refractivity contribution in [2.45, 2.75) is 6.92 Å². The molecular weight excluding hydrogens is 487 g/mol. The van der Waals surface area contributed by atoms with Crippen molar-refractivity contribution in [3.63, 3.8) is 0 Å². The zero-order valence-corrected chi connectivity index (χ0v) is 21.1. The number of hydrogen-bond donors (Lipinski definition) is 0. The SMILES string of the molecule is COc1cccc(-c2cc(C(=O)N3CCN(c4ccc([N+](=O)[O-])cc4)CC3)c(C)n2-c2ccccc2F)c1. The number of anilines is 1. The third-order valence-electron chi connectivity index (χ3n) is 6.93. The molecule has 1 fully saturated rings. The van der Waals surface area contributed by atoms with Crippen molar-refractivity contribution < 1.29 is 18.8 Å². The molecule has 3 aromatic carbocycles. The minimum Gasteiger partial charge on any atom is -0.497 e. The van der Waals surface area contributed by atoms with Crippen molar-refractivity contribution in [2.75, 3.05) is 38.2 Å². The molecule has 0 bridgehead atoms. The van der Waals surface area contributed by atoms with E-state index in [1.807, 2.05) is 37.3 Å². The molecule has 1 amide bonds. The highest BCUT2D eigenvalue weighted by Gasteiger charge is 2.27. The summed E-state index contributed by atoms with van der Waals surface area (Å²) in [6.45, 7) is 4.01. The standard InChI is InChI=1S/C29H27FN4O4/c1-20-25(29(35)32-16-14-31(15-17-32)22-10-12-23(13-11-22)34(36)37)19-28(21-6-5-7-24(18-21)38-2)33(20)27-9-4-3-8-26(27)30/h3-13,18-19H,14-17H2,1-2H3. The third kappa shape index (κ3) is 4.70. The summed E-state index contributed by atoms with van der Waals surface area (Å²) in [6, 6.07) is 22.2. The molecule has 0 N–H and O–H groups in total. The molecule has 1 saturated heterocycles. The molecule has 38 heavy (non-hydrogen) atoms. The molecule has 0 unspecified atom stereocenters. The first-order valence-electron chi connectivity index (χ1n) is 12.3. The number of nitro groups is 1. The van der Waals surface area contributed by atoms with E-state index < -0.39 is 4.92 Å². The van der Waals surface area contributed by atoms with Crippen molar-refractivity contribution in [3.05, 3.63) is 106 Å². The zero-order chi connectivity index (χ0) is 26.8. The predicted octanol–water partition coefficient (Wildman–Crippen LogP) is 5.47. The first-order chi connectivity index (χ1) is 18.4. The Labute approximate surface area is 219 Å². The van der Waals surface area contributed by atoms with Gasteiger partial charge >= 0.3 is 0 Å². The maximum Gasteiger partial charge on any atom is 0.269 e. The van der Waals surface area contributed by atoms with Gasteiger partial charge in [-0.15, -0.1) is 0 Å². The average molecular weight is 515 g/mol. The van der Waals surface area contributed by atoms with Crippen LogP contribution in [0.15, 0.2) is 78.9 Å². The number of piperazine rings is 1. The summed E-state index contributed by atoms with van der Waals surface area (Å²) in [4.78, 5) is 28.1. The van der Waals surface area contributed by atoms with E-state index in [0.717, 1.165) is 11.3 Å². The molecule has 8 nitrogen and oxygen atoms in total. The minimum atomic E-state index is -0.421. The van der Waals surface area contributed by atoms with Crippen LogP contribution >= 0.6 is 0 Å². The van der Waals surface area contributed by atoms with Crippen LogP contribution in [0.1, 0.15) is 16.1 Å². The van der Waals surface area contributed by atoms with Crippen molar-refractivity contribution in [3.8, 4) is 22.7 Å². The Balaban J connectivity index is 1.44. The lowest BCUT2D eigenvalue weighted by molar-refractivity contribution is -0.384. The summed E-state index contributed by atoms with van der Waals surface area (Å²) in [7, 11) is 1.59. The lowest BCUT2D eigenvalue weighted by Gasteiger charge is -2.36. The number of para-hydroxylation sites is 1. The number of nitrogens with zero attached hydrogens (tertiary/aromatic N) is 4. The molecule has 0 atom stereocenters. The zero-order valence-electron chi connectivity index (χ0n) is 21.1. The number of amides is 1. The summed E-state index contributed by atoms with van der Waals surface area (Å²) in [5.74, 6) is 0.160. The molecule has 5 rings (SSSR count). The quantitative estimate of drug-likeness (QED) is 0.252. The first kappa shape index (κ1) is 25.0. The van der Waals surface area contributed by atoms with Gasteiger partial charge < -0.3 is 19.1 Å². The van der Waals surface area contributed by atoms with Gasteiger partial charge in [0, 0.05) is 55.3 Å². The summed E-state index contributed by atoms with van der Waals surface area (Å²) in [5.41, 5.74) is 3.95. The van der Waals surface area contributed by atoms with Gasteiger partial charge in [0.2, 0.25) is 0 Å². The smallest absolute Gasteiger partial charge is 0.269 e. The highest BCUT2D eigenvalue weighted by molar-refractivity contribution is 5.97. The Morgan fingerprint density at radius 2 is 1.66 bits per heavy atom. The van der Waals surface area contributed by atoms with Crippen LogP contribution in [0, 0.1) is 22.9 Å². The third-order valence-corrected chi connectivity index (χ3v) is 6.93. The fourth-order valence-electron chi connectivity index (χ4n) is 4.88. The lowest BCUT2D eigenvalue weighted by atomic mass is 10.1. The number of ether oxygens (including phenoxy) is 1. The molecule has 1 aliphatic heterocycles. The Bertz CT molecular complexity index is 1490. The second-order valence-corrected chi connectivity index (χ2v) is 9.10. The van der Waals surface area contributed by atoms with E-state index in [9.17, 15) is 19.3 Å². The number of non-ortho nitro benzene ring substituents is 1. The monoisotopic (exact) mass is 514 g/mol. The van der Waals surface area contributed by atoms with Crippen molar-refractivity contribution in [1.29, 1.82) is 0 Å². The maximum atomic E-state index is 15.0.